The van der Waals surface area contributed by atoms with Crippen LogP contribution in [0.25, 0.3) is 0 Å². The summed E-state index contributed by atoms with van der Waals surface area (Å²) < 4.78 is 24.7. The molecule has 0 saturated heterocycles. The normalized spacial score (nSPS) is 13.1. The Bertz CT molecular complexity index is 676. The molecule has 1 heterocycles. The van der Waals surface area contributed by atoms with Crippen LogP contribution in [-0.2, 0) is 6.54 Å². The molecule has 0 atom stereocenters. The first-order valence-corrected chi connectivity index (χ1v) is 7.09. The molecule has 0 unspecified atom stereocenters. The molecule has 0 amide bonds. The lowest BCUT2D eigenvalue weighted by Gasteiger charge is -2.20. The molecule has 1 aliphatic heterocycles. The number of rotatable bonds is 3. The molecule has 1 aliphatic rings. The number of fused-ring (bicyclic) bond motifs is 1. The average Bonchev–Trinajstić information content (AvgIpc) is 2.48. The zero-order valence-corrected chi connectivity index (χ0v) is 12.3. The SMILES string of the molecule is Cc1ccc(F)c(NCc2cc(Cl)c3c(c2)OCCO3)c1. The molecule has 2 aromatic carbocycles. The van der Waals surface area contributed by atoms with Crippen molar-refractivity contribution < 1.29 is 13.9 Å². The van der Waals surface area contributed by atoms with E-state index >= 15 is 0 Å². The molecule has 0 radical (unpaired) electrons. The van der Waals surface area contributed by atoms with Gasteiger partial charge in [0.1, 0.15) is 19.0 Å². The Morgan fingerprint density at radius 3 is 2.86 bits per heavy atom. The van der Waals surface area contributed by atoms with Crippen molar-refractivity contribution in [3.63, 3.8) is 0 Å². The predicted molar refractivity (Wildman–Crippen MR) is 80.9 cm³/mol. The first-order chi connectivity index (χ1) is 10.1. The Morgan fingerprint density at radius 2 is 2.00 bits per heavy atom. The zero-order chi connectivity index (χ0) is 14.8. The maximum absolute atomic E-state index is 13.7. The van der Waals surface area contributed by atoms with E-state index in [-0.39, 0.29) is 5.82 Å². The van der Waals surface area contributed by atoms with Gasteiger partial charge in [0.25, 0.3) is 0 Å². The predicted octanol–water partition coefficient (Wildman–Crippen LogP) is 4.17. The summed E-state index contributed by atoms with van der Waals surface area (Å²) in [6.45, 7) is 3.38. The van der Waals surface area contributed by atoms with E-state index < -0.39 is 0 Å². The summed E-state index contributed by atoms with van der Waals surface area (Å²) in [4.78, 5) is 0. The van der Waals surface area contributed by atoms with Gasteiger partial charge >= 0.3 is 0 Å². The van der Waals surface area contributed by atoms with E-state index in [9.17, 15) is 4.39 Å². The molecule has 2 aromatic rings. The van der Waals surface area contributed by atoms with Crippen LogP contribution in [-0.4, -0.2) is 13.2 Å². The third kappa shape index (κ3) is 3.05. The van der Waals surface area contributed by atoms with Crippen LogP contribution < -0.4 is 14.8 Å². The van der Waals surface area contributed by atoms with Crippen LogP contribution in [0.2, 0.25) is 5.02 Å². The minimum atomic E-state index is -0.274. The monoisotopic (exact) mass is 307 g/mol. The highest BCUT2D eigenvalue weighted by Gasteiger charge is 2.16. The van der Waals surface area contributed by atoms with Gasteiger partial charge < -0.3 is 14.8 Å². The quantitative estimate of drug-likeness (QED) is 0.923. The number of hydrogen-bond donors (Lipinski definition) is 1. The maximum atomic E-state index is 13.7. The van der Waals surface area contributed by atoms with Crippen molar-refractivity contribution in [1.82, 2.24) is 0 Å². The Kier molecular flexibility index (Phi) is 3.88. The molecule has 3 nitrogen and oxygen atoms in total. The van der Waals surface area contributed by atoms with Gasteiger partial charge in [0.05, 0.1) is 10.7 Å². The van der Waals surface area contributed by atoms with Gasteiger partial charge in [-0.2, -0.15) is 0 Å². The van der Waals surface area contributed by atoms with Gasteiger partial charge in [0.2, 0.25) is 0 Å². The number of aryl methyl sites for hydroxylation is 1. The van der Waals surface area contributed by atoms with Crippen molar-refractivity contribution >= 4 is 17.3 Å². The molecule has 5 heteroatoms. The molecule has 0 spiro atoms. The summed E-state index contributed by atoms with van der Waals surface area (Å²) in [6, 6.07) is 8.63. The maximum Gasteiger partial charge on any atom is 0.179 e. The van der Waals surface area contributed by atoms with Gasteiger partial charge in [0.15, 0.2) is 11.5 Å². The summed E-state index contributed by atoms with van der Waals surface area (Å²) in [5, 5.41) is 3.58. The lowest BCUT2D eigenvalue weighted by atomic mass is 10.1. The summed E-state index contributed by atoms with van der Waals surface area (Å²) in [7, 11) is 0. The zero-order valence-electron chi connectivity index (χ0n) is 11.6. The van der Waals surface area contributed by atoms with E-state index in [4.69, 9.17) is 21.1 Å². The molecule has 21 heavy (non-hydrogen) atoms. The molecule has 0 saturated carbocycles. The number of nitrogens with one attached hydrogen (secondary N) is 1. The molecule has 3 rings (SSSR count). The number of benzene rings is 2. The number of hydrogen-bond acceptors (Lipinski definition) is 3. The molecule has 110 valence electrons. The number of anilines is 1. The van der Waals surface area contributed by atoms with Gasteiger partial charge in [-0.05, 0) is 42.3 Å². The van der Waals surface area contributed by atoms with Gasteiger partial charge in [-0.25, -0.2) is 4.39 Å². The summed E-state index contributed by atoms with van der Waals surface area (Å²) in [5.41, 5.74) is 2.38. The van der Waals surface area contributed by atoms with E-state index in [0.717, 1.165) is 11.1 Å². The van der Waals surface area contributed by atoms with E-state index in [1.165, 1.54) is 6.07 Å². The smallest absolute Gasteiger partial charge is 0.179 e. The second kappa shape index (κ2) is 5.82. The van der Waals surface area contributed by atoms with E-state index in [1.54, 1.807) is 18.2 Å². The van der Waals surface area contributed by atoms with Crippen molar-refractivity contribution in [2.75, 3.05) is 18.5 Å². The van der Waals surface area contributed by atoms with Crippen molar-refractivity contribution in [3.05, 3.63) is 52.3 Å². The standard InChI is InChI=1S/C16H15ClFNO2/c1-10-2-3-13(18)14(6-10)19-9-11-7-12(17)16-15(8-11)20-4-5-21-16/h2-3,6-8,19H,4-5,9H2,1H3. The van der Waals surface area contributed by atoms with E-state index in [2.05, 4.69) is 5.32 Å². The highest BCUT2D eigenvalue weighted by Crippen LogP contribution is 2.38. The first-order valence-electron chi connectivity index (χ1n) is 6.71. The Balaban J connectivity index is 1.79. The second-order valence-corrected chi connectivity index (χ2v) is 5.35. The van der Waals surface area contributed by atoms with E-state index in [1.807, 2.05) is 13.0 Å². The molecule has 0 fully saturated rings. The van der Waals surface area contributed by atoms with Gasteiger partial charge in [-0.3, -0.25) is 0 Å². The van der Waals surface area contributed by atoms with Crippen LogP contribution in [0.3, 0.4) is 0 Å². The lowest BCUT2D eigenvalue weighted by molar-refractivity contribution is 0.171. The Morgan fingerprint density at radius 1 is 1.19 bits per heavy atom. The summed E-state index contributed by atoms with van der Waals surface area (Å²) in [6.07, 6.45) is 0. The highest BCUT2D eigenvalue weighted by atomic mass is 35.5. The molecule has 0 bridgehead atoms. The van der Waals surface area contributed by atoms with Crippen molar-refractivity contribution in [3.8, 4) is 11.5 Å². The fourth-order valence-electron chi connectivity index (χ4n) is 2.24. The Hall–Kier alpha value is -1.94. The third-order valence-electron chi connectivity index (χ3n) is 3.26. The van der Waals surface area contributed by atoms with Gasteiger partial charge in [0, 0.05) is 6.54 Å². The van der Waals surface area contributed by atoms with Crippen LogP contribution in [0, 0.1) is 12.7 Å². The van der Waals surface area contributed by atoms with Crippen LogP contribution in [0.1, 0.15) is 11.1 Å². The largest absolute Gasteiger partial charge is 0.486 e. The van der Waals surface area contributed by atoms with Crippen molar-refractivity contribution in [2.24, 2.45) is 0 Å². The minimum Gasteiger partial charge on any atom is -0.486 e. The fraction of sp³-hybridized carbons (Fsp3) is 0.250. The molecule has 1 N–H and O–H groups in total. The summed E-state index contributed by atoms with van der Waals surface area (Å²) in [5.74, 6) is 0.938. The Labute approximate surface area is 127 Å². The topological polar surface area (TPSA) is 30.5 Å². The molecule has 0 aliphatic carbocycles. The number of ether oxygens (including phenoxy) is 2. The minimum absolute atomic E-state index is 0.274. The fourth-order valence-corrected chi connectivity index (χ4v) is 2.53. The van der Waals surface area contributed by atoms with Crippen LogP contribution in [0.4, 0.5) is 10.1 Å². The van der Waals surface area contributed by atoms with Crippen LogP contribution in [0.5, 0.6) is 11.5 Å². The number of halogens is 2. The molecule has 0 aromatic heterocycles. The van der Waals surface area contributed by atoms with Crippen molar-refractivity contribution in [1.29, 1.82) is 0 Å². The van der Waals surface area contributed by atoms with Gasteiger partial charge in [-0.15, -0.1) is 0 Å². The van der Waals surface area contributed by atoms with Crippen molar-refractivity contribution in [2.45, 2.75) is 13.5 Å². The second-order valence-electron chi connectivity index (χ2n) is 4.94. The highest BCUT2D eigenvalue weighted by molar-refractivity contribution is 6.32. The van der Waals surface area contributed by atoms with Crippen LogP contribution in [0.15, 0.2) is 30.3 Å². The lowest BCUT2D eigenvalue weighted by Crippen LogP contribution is -2.16. The van der Waals surface area contributed by atoms with Gasteiger partial charge in [-0.1, -0.05) is 17.7 Å². The third-order valence-corrected chi connectivity index (χ3v) is 3.54. The average molecular weight is 308 g/mol. The summed E-state index contributed by atoms with van der Waals surface area (Å²) >= 11 is 6.18. The van der Waals surface area contributed by atoms with E-state index in [0.29, 0.717) is 42.0 Å². The van der Waals surface area contributed by atoms with Crippen LogP contribution >= 0.6 is 11.6 Å². The molecular weight excluding hydrogens is 293 g/mol. The molecular formula is C16H15ClFNO2. The first kappa shape index (κ1) is 14.0.